The van der Waals surface area contributed by atoms with Gasteiger partial charge in [-0.05, 0) is 44.5 Å². The van der Waals surface area contributed by atoms with E-state index in [-0.39, 0.29) is 16.7 Å². The fourth-order valence-electron chi connectivity index (χ4n) is 1.82. The Balaban J connectivity index is 2.63. The van der Waals surface area contributed by atoms with Gasteiger partial charge in [0.2, 0.25) is 0 Å². The quantitative estimate of drug-likeness (QED) is 0.785. The van der Waals surface area contributed by atoms with E-state index in [9.17, 15) is 17.2 Å². The summed E-state index contributed by atoms with van der Waals surface area (Å²) in [4.78, 5) is -0.164. The van der Waals surface area contributed by atoms with Gasteiger partial charge in [0.1, 0.15) is 0 Å². The van der Waals surface area contributed by atoms with Crippen LogP contribution < -0.4 is 5.32 Å². The van der Waals surface area contributed by atoms with Crippen molar-refractivity contribution in [3.63, 3.8) is 0 Å². The van der Waals surface area contributed by atoms with Crippen molar-refractivity contribution in [3.8, 4) is 0 Å². The van der Waals surface area contributed by atoms with Crippen LogP contribution in [0.4, 0.5) is 8.78 Å². The van der Waals surface area contributed by atoms with Crippen LogP contribution in [-0.2, 0) is 9.84 Å². The minimum absolute atomic E-state index is 0.0617. The fourth-order valence-corrected chi connectivity index (χ4v) is 3.16. The first-order valence-corrected chi connectivity index (χ1v) is 7.93. The Labute approximate surface area is 112 Å². The molecule has 1 unspecified atom stereocenters. The Hall–Kier alpha value is -1.01. The molecule has 0 fully saturated rings. The second kappa shape index (κ2) is 6.96. The third-order valence-electron chi connectivity index (χ3n) is 2.85. The molecule has 0 radical (unpaired) electrons. The third kappa shape index (κ3) is 4.87. The zero-order valence-corrected chi connectivity index (χ0v) is 11.9. The fraction of sp³-hybridized carbons (Fsp3) is 0.538. The van der Waals surface area contributed by atoms with Crippen molar-refractivity contribution in [2.75, 3.05) is 12.3 Å². The maximum atomic E-state index is 13.0. The molecule has 19 heavy (non-hydrogen) atoms. The van der Waals surface area contributed by atoms with E-state index in [4.69, 9.17) is 0 Å². The van der Waals surface area contributed by atoms with Crippen molar-refractivity contribution in [1.29, 1.82) is 0 Å². The molecule has 0 heterocycles. The zero-order valence-electron chi connectivity index (χ0n) is 11.1. The summed E-state index contributed by atoms with van der Waals surface area (Å²) in [6.07, 6.45) is 1.20. The molecule has 1 aromatic carbocycles. The number of sulfone groups is 1. The summed E-state index contributed by atoms with van der Waals surface area (Å²) in [6, 6.07) is 2.91. The zero-order chi connectivity index (χ0) is 14.5. The van der Waals surface area contributed by atoms with E-state index < -0.39 is 21.5 Å². The number of halogens is 2. The maximum absolute atomic E-state index is 13.0. The topological polar surface area (TPSA) is 46.2 Å². The highest BCUT2D eigenvalue weighted by Crippen LogP contribution is 2.16. The third-order valence-corrected chi connectivity index (χ3v) is 4.65. The average Bonchev–Trinajstić information content (AvgIpc) is 2.32. The molecule has 0 aromatic heterocycles. The summed E-state index contributed by atoms with van der Waals surface area (Å²) < 4.78 is 49.6. The van der Waals surface area contributed by atoms with E-state index in [0.717, 1.165) is 31.2 Å². The number of hydrogen-bond acceptors (Lipinski definition) is 3. The van der Waals surface area contributed by atoms with Gasteiger partial charge in [-0.1, -0.05) is 6.92 Å². The van der Waals surface area contributed by atoms with E-state index in [2.05, 4.69) is 5.32 Å². The second-order valence-corrected chi connectivity index (χ2v) is 6.60. The Kier molecular flexibility index (Phi) is 5.87. The van der Waals surface area contributed by atoms with Gasteiger partial charge in [-0.25, -0.2) is 17.2 Å². The molecular formula is C13H19F2NO2S. The van der Waals surface area contributed by atoms with Gasteiger partial charge < -0.3 is 5.32 Å². The van der Waals surface area contributed by atoms with Crippen molar-refractivity contribution in [3.05, 3.63) is 29.8 Å². The minimum Gasteiger partial charge on any atom is -0.315 e. The van der Waals surface area contributed by atoms with Crippen molar-refractivity contribution in [2.24, 2.45) is 0 Å². The van der Waals surface area contributed by atoms with E-state index in [1.54, 1.807) is 0 Å². The van der Waals surface area contributed by atoms with Crippen LogP contribution in [0.3, 0.4) is 0 Å². The summed E-state index contributed by atoms with van der Waals surface area (Å²) in [5.74, 6) is -2.24. The van der Waals surface area contributed by atoms with Gasteiger partial charge in [0, 0.05) is 6.04 Å². The van der Waals surface area contributed by atoms with Crippen LogP contribution in [-0.4, -0.2) is 26.8 Å². The lowest BCUT2D eigenvalue weighted by Crippen LogP contribution is -2.26. The number of rotatable bonds is 7. The smallest absolute Gasteiger partial charge is 0.178 e. The Morgan fingerprint density at radius 2 is 1.95 bits per heavy atom. The standard InChI is InChI=1S/C13H19F2NO2S/c1-3-16-10(2)5-4-8-19(17,18)11-6-7-12(14)13(15)9-11/h6-7,9-10,16H,3-5,8H2,1-2H3. The predicted molar refractivity (Wildman–Crippen MR) is 70.8 cm³/mol. The summed E-state index contributed by atoms with van der Waals surface area (Å²) in [6.45, 7) is 4.79. The normalized spacial score (nSPS) is 13.5. The first-order valence-electron chi connectivity index (χ1n) is 6.28. The highest BCUT2D eigenvalue weighted by atomic mass is 32.2. The van der Waals surface area contributed by atoms with Crippen molar-refractivity contribution < 1.29 is 17.2 Å². The number of benzene rings is 1. The molecule has 1 rings (SSSR count). The molecule has 1 atom stereocenters. The highest BCUT2D eigenvalue weighted by Gasteiger charge is 2.16. The molecule has 0 bridgehead atoms. The molecule has 1 N–H and O–H groups in total. The summed E-state index contributed by atoms with van der Waals surface area (Å²) in [5, 5.41) is 3.18. The van der Waals surface area contributed by atoms with Gasteiger partial charge >= 0.3 is 0 Å². The molecular weight excluding hydrogens is 272 g/mol. The lowest BCUT2D eigenvalue weighted by atomic mass is 10.2. The SMILES string of the molecule is CCNC(C)CCCS(=O)(=O)c1ccc(F)c(F)c1. The molecule has 108 valence electrons. The monoisotopic (exact) mass is 291 g/mol. The first-order chi connectivity index (χ1) is 8.86. The molecule has 0 saturated carbocycles. The Bertz CT molecular complexity index is 517. The van der Waals surface area contributed by atoms with Crippen LogP contribution in [0.15, 0.2) is 23.1 Å². The molecule has 0 aliphatic rings. The van der Waals surface area contributed by atoms with E-state index >= 15 is 0 Å². The molecule has 3 nitrogen and oxygen atoms in total. The Morgan fingerprint density at radius 1 is 1.26 bits per heavy atom. The average molecular weight is 291 g/mol. The van der Waals surface area contributed by atoms with Gasteiger partial charge in [-0.2, -0.15) is 0 Å². The molecule has 0 aliphatic heterocycles. The van der Waals surface area contributed by atoms with E-state index in [1.165, 1.54) is 0 Å². The lowest BCUT2D eigenvalue weighted by molar-refractivity contribution is 0.503. The van der Waals surface area contributed by atoms with E-state index in [1.807, 2.05) is 13.8 Å². The molecule has 0 aliphatic carbocycles. The number of nitrogens with one attached hydrogen (secondary N) is 1. The molecule has 0 saturated heterocycles. The minimum atomic E-state index is -3.54. The summed E-state index contributed by atoms with van der Waals surface area (Å²) >= 11 is 0. The Morgan fingerprint density at radius 3 is 2.53 bits per heavy atom. The summed E-state index contributed by atoms with van der Waals surface area (Å²) in [7, 11) is -3.54. The van der Waals surface area contributed by atoms with E-state index in [0.29, 0.717) is 6.42 Å². The maximum Gasteiger partial charge on any atom is 0.178 e. The largest absolute Gasteiger partial charge is 0.315 e. The van der Waals surface area contributed by atoms with Gasteiger partial charge in [-0.15, -0.1) is 0 Å². The predicted octanol–water partition coefficient (Wildman–Crippen LogP) is 2.52. The lowest BCUT2D eigenvalue weighted by Gasteiger charge is -2.11. The van der Waals surface area contributed by atoms with Crippen LogP contribution in [0.2, 0.25) is 0 Å². The molecule has 0 amide bonds. The van der Waals surface area contributed by atoms with Crippen molar-refractivity contribution in [1.82, 2.24) is 5.32 Å². The van der Waals surface area contributed by atoms with Crippen LogP contribution in [0.5, 0.6) is 0 Å². The van der Waals surface area contributed by atoms with Crippen LogP contribution in [0.1, 0.15) is 26.7 Å². The second-order valence-electron chi connectivity index (χ2n) is 4.50. The highest BCUT2D eigenvalue weighted by molar-refractivity contribution is 7.91. The van der Waals surface area contributed by atoms with Crippen LogP contribution in [0, 0.1) is 11.6 Å². The van der Waals surface area contributed by atoms with Crippen LogP contribution >= 0.6 is 0 Å². The van der Waals surface area contributed by atoms with Gasteiger partial charge in [0.15, 0.2) is 21.5 Å². The molecule has 0 spiro atoms. The van der Waals surface area contributed by atoms with Crippen molar-refractivity contribution >= 4 is 9.84 Å². The number of hydrogen-bond donors (Lipinski definition) is 1. The first kappa shape index (κ1) is 16.0. The van der Waals surface area contributed by atoms with Gasteiger partial charge in [-0.3, -0.25) is 0 Å². The van der Waals surface area contributed by atoms with Crippen molar-refractivity contribution in [2.45, 2.75) is 37.6 Å². The van der Waals surface area contributed by atoms with Gasteiger partial charge in [0.05, 0.1) is 10.6 Å². The van der Waals surface area contributed by atoms with Gasteiger partial charge in [0.25, 0.3) is 0 Å². The summed E-state index contributed by atoms with van der Waals surface area (Å²) in [5.41, 5.74) is 0. The molecule has 6 heteroatoms. The molecule has 1 aromatic rings. The van der Waals surface area contributed by atoms with Crippen LogP contribution in [0.25, 0.3) is 0 Å².